The van der Waals surface area contributed by atoms with E-state index in [1.165, 1.54) is 19.3 Å². The molecule has 1 fully saturated rings. The molecular formula is C12H24N2O. The zero-order chi connectivity index (χ0) is 11.3. The van der Waals surface area contributed by atoms with Crippen molar-refractivity contribution >= 4 is 5.91 Å². The second-order valence-corrected chi connectivity index (χ2v) is 5.01. The molecule has 0 bridgehead atoms. The molecule has 3 heteroatoms. The molecule has 0 aromatic carbocycles. The number of rotatable bonds is 7. The summed E-state index contributed by atoms with van der Waals surface area (Å²) in [5, 5.41) is 3.04. The Morgan fingerprint density at radius 1 is 1.53 bits per heavy atom. The summed E-state index contributed by atoms with van der Waals surface area (Å²) in [5.41, 5.74) is 5.95. The monoisotopic (exact) mass is 212 g/mol. The molecule has 1 unspecified atom stereocenters. The van der Waals surface area contributed by atoms with E-state index in [-0.39, 0.29) is 5.91 Å². The van der Waals surface area contributed by atoms with Crippen LogP contribution in [0.25, 0.3) is 0 Å². The summed E-state index contributed by atoms with van der Waals surface area (Å²) in [4.78, 5) is 11.5. The Kier molecular flexibility index (Phi) is 4.58. The number of carbonyl (C=O) groups excluding carboxylic acids is 1. The van der Waals surface area contributed by atoms with Gasteiger partial charge in [-0.1, -0.05) is 13.8 Å². The Labute approximate surface area is 92.8 Å². The highest BCUT2D eigenvalue weighted by molar-refractivity contribution is 5.75. The third-order valence-electron chi connectivity index (χ3n) is 3.63. The Balaban J connectivity index is 2.08. The van der Waals surface area contributed by atoms with Gasteiger partial charge in [0.2, 0.25) is 5.91 Å². The van der Waals surface area contributed by atoms with E-state index >= 15 is 0 Å². The summed E-state index contributed by atoms with van der Waals surface area (Å²) in [7, 11) is 0. The molecule has 0 spiro atoms. The van der Waals surface area contributed by atoms with E-state index in [9.17, 15) is 4.79 Å². The summed E-state index contributed by atoms with van der Waals surface area (Å²) >= 11 is 0. The topological polar surface area (TPSA) is 55.1 Å². The molecule has 3 nitrogen and oxygen atoms in total. The Morgan fingerprint density at radius 2 is 2.20 bits per heavy atom. The van der Waals surface area contributed by atoms with Crippen molar-refractivity contribution < 1.29 is 4.79 Å². The van der Waals surface area contributed by atoms with Gasteiger partial charge in [-0.25, -0.2) is 0 Å². The normalized spacial score (nSPS) is 19.7. The summed E-state index contributed by atoms with van der Waals surface area (Å²) in [6.45, 7) is 5.84. The van der Waals surface area contributed by atoms with Crippen molar-refractivity contribution in [2.75, 3.05) is 13.1 Å². The molecule has 88 valence electrons. The maximum atomic E-state index is 11.5. The minimum atomic E-state index is 0.190. The first-order chi connectivity index (χ1) is 7.12. The molecule has 1 rings (SSSR count). The van der Waals surface area contributed by atoms with Crippen LogP contribution in [0.4, 0.5) is 0 Å². The van der Waals surface area contributed by atoms with Crippen LogP contribution in [0.5, 0.6) is 0 Å². The van der Waals surface area contributed by atoms with Crippen LogP contribution in [0.1, 0.15) is 46.0 Å². The standard InChI is InChI=1S/C12H24N2O/c1-3-12(6-7-12)9-14-11(15)5-4-10(2)8-13/h10H,3-9,13H2,1-2H3,(H,14,15). The van der Waals surface area contributed by atoms with Crippen LogP contribution in [0, 0.1) is 11.3 Å². The lowest BCUT2D eigenvalue weighted by Gasteiger charge is -2.14. The molecule has 0 heterocycles. The van der Waals surface area contributed by atoms with Gasteiger partial charge in [-0.3, -0.25) is 4.79 Å². The van der Waals surface area contributed by atoms with Crippen LogP contribution in [-0.2, 0) is 4.79 Å². The number of nitrogens with one attached hydrogen (secondary N) is 1. The fourth-order valence-corrected chi connectivity index (χ4v) is 1.70. The molecule has 0 radical (unpaired) electrons. The quantitative estimate of drug-likeness (QED) is 0.674. The van der Waals surface area contributed by atoms with Crippen LogP contribution in [0.3, 0.4) is 0 Å². The SMILES string of the molecule is CCC1(CNC(=O)CCC(C)CN)CC1. The van der Waals surface area contributed by atoms with Crippen molar-refractivity contribution in [3.8, 4) is 0 Å². The van der Waals surface area contributed by atoms with E-state index < -0.39 is 0 Å². The van der Waals surface area contributed by atoms with Gasteiger partial charge in [-0.2, -0.15) is 0 Å². The first kappa shape index (κ1) is 12.5. The van der Waals surface area contributed by atoms with Crippen LogP contribution >= 0.6 is 0 Å². The van der Waals surface area contributed by atoms with Gasteiger partial charge in [0.25, 0.3) is 0 Å². The molecule has 0 aromatic heterocycles. The molecule has 3 N–H and O–H groups in total. The maximum absolute atomic E-state index is 11.5. The van der Waals surface area contributed by atoms with Gasteiger partial charge in [-0.15, -0.1) is 0 Å². The minimum Gasteiger partial charge on any atom is -0.356 e. The minimum absolute atomic E-state index is 0.190. The van der Waals surface area contributed by atoms with E-state index in [1.807, 2.05) is 0 Å². The number of carbonyl (C=O) groups is 1. The van der Waals surface area contributed by atoms with Crippen molar-refractivity contribution in [3.05, 3.63) is 0 Å². The second-order valence-electron chi connectivity index (χ2n) is 5.01. The van der Waals surface area contributed by atoms with Gasteiger partial charge < -0.3 is 11.1 Å². The zero-order valence-corrected chi connectivity index (χ0v) is 10.0. The molecule has 15 heavy (non-hydrogen) atoms. The zero-order valence-electron chi connectivity index (χ0n) is 10.0. The summed E-state index contributed by atoms with van der Waals surface area (Å²) < 4.78 is 0. The highest BCUT2D eigenvalue weighted by Crippen LogP contribution is 2.47. The van der Waals surface area contributed by atoms with Crippen LogP contribution in [-0.4, -0.2) is 19.0 Å². The lowest BCUT2D eigenvalue weighted by molar-refractivity contribution is -0.121. The molecule has 1 amide bonds. The highest BCUT2D eigenvalue weighted by Gasteiger charge is 2.40. The van der Waals surface area contributed by atoms with Gasteiger partial charge in [0, 0.05) is 13.0 Å². The number of hydrogen-bond donors (Lipinski definition) is 2. The van der Waals surface area contributed by atoms with E-state index in [1.54, 1.807) is 0 Å². The van der Waals surface area contributed by atoms with Crippen molar-refractivity contribution in [1.29, 1.82) is 0 Å². The lowest BCUT2D eigenvalue weighted by atomic mass is 10.0. The van der Waals surface area contributed by atoms with Crippen molar-refractivity contribution in [3.63, 3.8) is 0 Å². The molecule has 0 saturated heterocycles. The number of nitrogens with two attached hydrogens (primary N) is 1. The van der Waals surface area contributed by atoms with Gasteiger partial charge in [0.15, 0.2) is 0 Å². The van der Waals surface area contributed by atoms with Crippen molar-refractivity contribution in [2.45, 2.75) is 46.0 Å². The van der Waals surface area contributed by atoms with Gasteiger partial charge in [0.1, 0.15) is 0 Å². The van der Waals surface area contributed by atoms with Gasteiger partial charge in [0.05, 0.1) is 0 Å². The molecule has 0 aliphatic heterocycles. The predicted molar refractivity (Wildman–Crippen MR) is 62.4 cm³/mol. The average Bonchev–Trinajstić information content (AvgIpc) is 3.03. The third-order valence-corrected chi connectivity index (χ3v) is 3.63. The molecule has 0 aromatic rings. The third kappa shape index (κ3) is 4.20. The van der Waals surface area contributed by atoms with E-state index in [0.717, 1.165) is 13.0 Å². The fourth-order valence-electron chi connectivity index (χ4n) is 1.70. The lowest BCUT2D eigenvalue weighted by Crippen LogP contribution is -2.30. The average molecular weight is 212 g/mol. The van der Waals surface area contributed by atoms with E-state index in [0.29, 0.717) is 24.3 Å². The molecule has 1 atom stereocenters. The first-order valence-electron chi connectivity index (χ1n) is 6.08. The Hall–Kier alpha value is -0.570. The summed E-state index contributed by atoms with van der Waals surface area (Å²) in [5.74, 6) is 0.645. The largest absolute Gasteiger partial charge is 0.356 e. The first-order valence-corrected chi connectivity index (χ1v) is 6.08. The summed E-state index contributed by atoms with van der Waals surface area (Å²) in [6.07, 6.45) is 5.28. The molecule has 1 aliphatic rings. The highest BCUT2D eigenvalue weighted by atomic mass is 16.1. The Bertz CT molecular complexity index is 212. The van der Waals surface area contributed by atoms with E-state index in [4.69, 9.17) is 5.73 Å². The fraction of sp³-hybridized carbons (Fsp3) is 0.917. The van der Waals surface area contributed by atoms with Crippen LogP contribution in [0.2, 0.25) is 0 Å². The van der Waals surface area contributed by atoms with Crippen LogP contribution < -0.4 is 11.1 Å². The van der Waals surface area contributed by atoms with Crippen molar-refractivity contribution in [1.82, 2.24) is 5.32 Å². The smallest absolute Gasteiger partial charge is 0.220 e. The van der Waals surface area contributed by atoms with Crippen molar-refractivity contribution in [2.24, 2.45) is 17.1 Å². The van der Waals surface area contributed by atoms with E-state index in [2.05, 4.69) is 19.2 Å². The molecular weight excluding hydrogens is 188 g/mol. The number of amides is 1. The predicted octanol–water partition coefficient (Wildman–Crippen LogP) is 1.67. The number of hydrogen-bond acceptors (Lipinski definition) is 2. The molecule has 1 aliphatic carbocycles. The Morgan fingerprint density at radius 3 is 2.67 bits per heavy atom. The molecule has 1 saturated carbocycles. The maximum Gasteiger partial charge on any atom is 0.220 e. The summed E-state index contributed by atoms with van der Waals surface area (Å²) in [6, 6.07) is 0. The van der Waals surface area contributed by atoms with Gasteiger partial charge >= 0.3 is 0 Å². The van der Waals surface area contributed by atoms with Gasteiger partial charge in [-0.05, 0) is 43.6 Å². The second kappa shape index (κ2) is 5.50. The van der Waals surface area contributed by atoms with Crippen LogP contribution in [0.15, 0.2) is 0 Å².